The molecule has 0 fully saturated rings. The van der Waals surface area contributed by atoms with Crippen LogP contribution in [0.4, 0.5) is 0 Å². The number of hydrogen-bond acceptors (Lipinski definition) is 7. The smallest absolute Gasteiger partial charge is 0.235 e. The predicted octanol–water partition coefficient (Wildman–Crippen LogP) is 4.05. The van der Waals surface area contributed by atoms with Crippen molar-refractivity contribution in [3.05, 3.63) is 53.0 Å². The van der Waals surface area contributed by atoms with Crippen molar-refractivity contribution < 1.29 is 14.2 Å². The lowest BCUT2D eigenvalue weighted by molar-refractivity contribution is 0.355. The molecule has 0 aliphatic heterocycles. The first-order valence-corrected chi connectivity index (χ1v) is 9.30. The Hall–Kier alpha value is -3.39. The van der Waals surface area contributed by atoms with Gasteiger partial charge in [0.15, 0.2) is 17.3 Å². The summed E-state index contributed by atoms with van der Waals surface area (Å²) < 4.78 is 17.6. The van der Waals surface area contributed by atoms with E-state index in [1.165, 1.54) is 11.3 Å². The van der Waals surface area contributed by atoms with Gasteiger partial charge in [0, 0.05) is 5.56 Å². The molecule has 0 aliphatic rings. The maximum Gasteiger partial charge on any atom is 0.235 e. The van der Waals surface area contributed by atoms with Crippen molar-refractivity contribution in [2.75, 3.05) is 21.3 Å². The molecule has 7 nitrogen and oxygen atoms in total. The third kappa shape index (κ3) is 3.41. The van der Waals surface area contributed by atoms with Crippen LogP contribution in [0.25, 0.3) is 28.5 Å². The van der Waals surface area contributed by atoms with E-state index in [0.29, 0.717) is 17.3 Å². The summed E-state index contributed by atoms with van der Waals surface area (Å²) in [6, 6.07) is 13.4. The van der Waals surface area contributed by atoms with Gasteiger partial charge in [-0.2, -0.15) is 9.61 Å². The van der Waals surface area contributed by atoms with Crippen LogP contribution in [0.2, 0.25) is 0 Å². The standard InChI is InChI=1S/C20H18N4O3S/c1-25-15-8-4-13(5-9-15)6-11-18-23-24-19(21-22-20(24)28-18)14-7-10-16(26-2)17(12-14)27-3/h4-12H,1-3H3. The Morgan fingerprint density at radius 2 is 1.64 bits per heavy atom. The highest BCUT2D eigenvalue weighted by atomic mass is 32.1. The van der Waals surface area contributed by atoms with Gasteiger partial charge in [-0.1, -0.05) is 29.5 Å². The zero-order valence-corrected chi connectivity index (χ0v) is 16.4. The van der Waals surface area contributed by atoms with Crippen LogP contribution < -0.4 is 14.2 Å². The highest BCUT2D eigenvalue weighted by molar-refractivity contribution is 7.17. The summed E-state index contributed by atoms with van der Waals surface area (Å²) in [5, 5.41) is 14.0. The molecule has 0 bridgehead atoms. The summed E-state index contributed by atoms with van der Waals surface area (Å²) >= 11 is 1.47. The molecule has 0 atom stereocenters. The first kappa shape index (κ1) is 18.0. The van der Waals surface area contributed by atoms with Gasteiger partial charge in [-0.05, 0) is 42.0 Å². The predicted molar refractivity (Wildman–Crippen MR) is 109 cm³/mol. The van der Waals surface area contributed by atoms with E-state index >= 15 is 0 Å². The molecule has 0 aliphatic carbocycles. The van der Waals surface area contributed by atoms with Crippen molar-refractivity contribution in [3.63, 3.8) is 0 Å². The second-order valence-electron chi connectivity index (χ2n) is 5.83. The average molecular weight is 394 g/mol. The van der Waals surface area contributed by atoms with E-state index in [1.807, 2.05) is 54.6 Å². The monoisotopic (exact) mass is 394 g/mol. The molecule has 4 rings (SSSR count). The molecule has 2 aromatic carbocycles. The molecule has 0 saturated heterocycles. The summed E-state index contributed by atoms with van der Waals surface area (Å²) in [5.41, 5.74) is 1.91. The van der Waals surface area contributed by atoms with Crippen molar-refractivity contribution in [3.8, 4) is 28.6 Å². The Labute approximate surface area is 165 Å². The minimum absolute atomic E-state index is 0.631. The molecule has 0 spiro atoms. The summed E-state index contributed by atoms with van der Waals surface area (Å²) in [7, 11) is 4.86. The number of fused-ring (bicyclic) bond motifs is 1. The molecule has 8 heteroatoms. The largest absolute Gasteiger partial charge is 0.497 e. The van der Waals surface area contributed by atoms with Gasteiger partial charge in [-0.25, -0.2) is 0 Å². The van der Waals surface area contributed by atoms with Crippen LogP contribution in [0.15, 0.2) is 42.5 Å². The van der Waals surface area contributed by atoms with Crippen LogP contribution in [-0.4, -0.2) is 41.1 Å². The molecular formula is C20H18N4O3S. The second-order valence-corrected chi connectivity index (χ2v) is 6.82. The zero-order chi connectivity index (χ0) is 19.5. The van der Waals surface area contributed by atoms with Gasteiger partial charge < -0.3 is 14.2 Å². The molecule has 0 unspecified atom stereocenters. The first-order chi connectivity index (χ1) is 13.7. The van der Waals surface area contributed by atoms with Crippen LogP contribution in [0.3, 0.4) is 0 Å². The highest BCUT2D eigenvalue weighted by Gasteiger charge is 2.14. The molecule has 2 aromatic heterocycles. The Morgan fingerprint density at radius 3 is 2.36 bits per heavy atom. The van der Waals surface area contributed by atoms with Gasteiger partial charge in [0.1, 0.15) is 10.8 Å². The molecule has 2 heterocycles. The lowest BCUT2D eigenvalue weighted by Gasteiger charge is -2.08. The molecule has 4 aromatic rings. The van der Waals surface area contributed by atoms with Gasteiger partial charge in [-0.15, -0.1) is 10.2 Å². The zero-order valence-electron chi connectivity index (χ0n) is 15.6. The number of benzene rings is 2. The summed E-state index contributed by atoms with van der Waals surface area (Å²) in [6.07, 6.45) is 3.96. The third-order valence-corrected chi connectivity index (χ3v) is 5.05. The van der Waals surface area contributed by atoms with Crippen LogP contribution in [0.1, 0.15) is 10.6 Å². The summed E-state index contributed by atoms with van der Waals surface area (Å²) in [5.74, 6) is 2.77. The molecule has 0 radical (unpaired) electrons. The maximum absolute atomic E-state index is 5.38. The highest BCUT2D eigenvalue weighted by Crippen LogP contribution is 2.32. The van der Waals surface area contributed by atoms with Crippen LogP contribution in [0.5, 0.6) is 17.2 Å². The molecule has 28 heavy (non-hydrogen) atoms. The van der Waals surface area contributed by atoms with Crippen molar-refractivity contribution in [2.45, 2.75) is 0 Å². The van der Waals surface area contributed by atoms with E-state index in [1.54, 1.807) is 25.8 Å². The first-order valence-electron chi connectivity index (χ1n) is 8.48. The van der Waals surface area contributed by atoms with Gasteiger partial charge in [0.05, 0.1) is 21.3 Å². The third-order valence-electron chi connectivity index (χ3n) is 4.18. The van der Waals surface area contributed by atoms with Gasteiger partial charge in [-0.3, -0.25) is 0 Å². The van der Waals surface area contributed by atoms with Crippen LogP contribution in [0, 0.1) is 0 Å². The minimum atomic E-state index is 0.631. The van der Waals surface area contributed by atoms with Crippen molar-refractivity contribution in [1.82, 2.24) is 19.8 Å². The number of methoxy groups -OCH3 is 3. The van der Waals surface area contributed by atoms with Gasteiger partial charge in [0.25, 0.3) is 0 Å². The normalized spacial score (nSPS) is 11.2. The molecule has 142 valence electrons. The Balaban J connectivity index is 1.64. The fourth-order valence-corrected chi connectivity index (χ4v) is 3.48. The van der Waals surface area contributed by atoms with E-state index in [4.69, 9.17) is 14.2 Å². The minimum Gasteiger partial charge on any atom is -0.497 e. The van der Waals surface area contributed by atoms with E-state index < -0.39 is 0 Å². The van der Waals surface area contributed by atoms with Crippen molar-refractivity contribution in [1.29, 1.82) is 0 Å². The number of hydrogen-bond donors (Lipinski definition) is 0. The number of aromatic nitrogens is 4. The van der Waals surface area contributed by atoms with Gasteiger partial charge in [0.2, 0.25) is 4.96 Å². The Morgan fingerprint density at radius 1 is 0.857 bits per heavy atom. The van der Waals surface area contributed by atoms with Crippen molar-refractivity contribution >= 4 is 28.4 Å². The van der Waals surface area contributed by atoms with Crippen molar-refractivity contribution in [2.24, 2.45) is 0 Å². The topological polar surface area (TPSA) is 70.8 Å². The SMILES string of the molecule is COc1ccc(C=Cc2nn3c(-c4ccc(OC)c(OC)c4)nnc3s2)cc1. The number of ether oxygens (including phenoxy) is 3. The van der Waals surface area contributed by atoms with E-state index in [2.05, 4.69) is 15.3 Å². The maximum atomic E-state index is 5.38. The fraction of sp³-hybridized carbons (Fsp3) is 0.150. The number of rotatable bonds is 6. The molecule has 0 N–H and O–H groups in total. The number of nitrogens with zero attached hydrogens (tertiary/aromatic N) is 4. The summed E-state index contributed by atoms with van der Waals surface area (Å²) in [4.78, 5) is 0.721. The van der Waals surface area contributed by atoms with E-state index in [-0.39, 0.29) is 0 Å². The Kier molecular flexibility index (Phi) is 4.94. The molecule has 0 saturated carbocycles. The fourth-order valence-electron chi connectivity index (χ4n) is 2.74. The molecular weight excluding hydrogens is 376 g/mol. The lowest BCUT2D eigenvalue weighted by atomic mass is 10.2. The van der Waals surface area contributed by atoms with E-state index in [0.717, 1.165) is 26.8 Å². The van der Waals surface area contributed by atoms with E-state index in [9.17, 15) is 0 Å². The lowest BCUT2D eigenvalue weighted by Crippen LogP contribution is -1.94. The summed E-state index contributed by atoms with van der Waals surface area (Å²) in [6.45, 7) is 0. The molecule has 0 amide bonds. The van der Waals surface area contributed by atoms with Gasteiger partial charge >= 0.3 is 0 Å². The average Bonchev–Trinajstić information content (AvgIpc) is 3.32. The van der Waals surface area contributed by atoms with Crippen LogP contribution in [-0.2, 0) is 0 Å². The van der Waals surface area contributed by atoms with Crippen LogP contribution >= 0.6 is 11.3 Å². The quantitative estimate of drug-likeness (QED) is 0.491. The Bertz CT molecular complexity index is 1130. The second kappa shape index (κ2) is 7.69.